The summed E-state index contributed by atoms with van der Waals surface area (Å²) in [5, 5.41) is 31.2. The Hall–Kier alpha value is -2.63. The minimum Gasteiger partial charge on any atom is -0.512 e. The maximum Gasteiger partial charge on any atom is 0.163 e. The zero-order valence-corrected chi connectivity index (χ0v) is 17.3. The summed E-state index contributed by atoms with van der Waals surface area (Å²) in [5.74, 6) is -4.36. The molecule has 3 rings (SSSR count). The van der Waals surface area contributed by atoms with Crippen LogP contribution in [0.5, 0.6) is 11.5 Å². The van der Waals surface area contributed by atoms with E-state index >= 15 is 0 Å². The molecular weight excluding hydrogens is 372 g/mol. The number of allylic oxidation sites excluding steroid dienone is 2. The Morgan fingerprint density at radius 3 is 1.97 bits per heavy atom. The van der Waals surface area contributed by atoms with E-state index in [0.29, 0.717) is 0 Å². The minimum absolute atomic E-state index is 0.00312. The first-order valence-corrected chi connectivity index (χ1v) is 9.84. The van der Waals surface area contributed by atoms with Crippen LogP contribution in [0, 0.1) is 16.7 Å². The molecule has 1 aromatic carbocycles. The van der Waals surface area contributed by atoms with Gasteiger partial charge in [-0.05, 0) is 16.9 Å². The van der Waals surface area contributed by atoms with Crippen molar-refractivity contribution >= 4 is 17.3 Å². The highest BCUT2D eigenvalue weighted by Gasteiger charge is 2.49. The van der Waals surface area contributed by atoms with Crippen LogP contribution in [0.3, 0.4) is 0 Å². The molecule has 2 aliphatic rings. The fourth-order valence-electron chi connectivity index (χ4n) is 4.73. The van der Waals surface area contributed by atoms with Gasteiger partial charge in [-0.2, -0.15) is 0 Å². The van der Waals surface area contributed by atoms with Crippen LogP contribution >= 0.6 is 0 Å². The van der Waals surface area contributed by atoms with Gasteiger partial charge in [-0.15, -0.1) is 0 Å². The molecule has 1 fully saturated rings. The molecule has 3 N–H and O–H groups in total. The number of benzene rings is 1. The van der Waals surface area contributed by atoms with Crippen LogP contribution < -0.4 is 0 Å². The molecular formula is C23H28O6. The monoisotopic (exact) mass is 400 g/mol. The number of aliphatic hydroxyl groups excluding tert-OH is 1. The van der Waals surface area contributed by atoms with Gasteiger partial charge in [-0.3, -0.25) is 14.4 Å². The molecule has 0 heterocycles. The zero-order chi connectivity index (χ0) is 21.7. The van der Waals surface area contributed by atoms with Gasteiger partial charge in [-0.25, -0.2) is 0 Å². The van der Waals surface area contributed by atoms with E-state index in [1.54, 1.807) is 0 Å². The number of phenols is 2. The van der Waals surface area contributed by atoms with E-state index in [4.69, 9.17) is 0 Å². The summed E-state index contributed by atoms with van der Waals surface area (Å²) < 4.78 is 0. The predicted molar refractivity (Wildman–Crippen MR) is 107 cm³/mol. The van der Waals surface area contributed by atoms with Gasteiger partial charge in [0.2, 0.25) is 0 Å². The summed E-state index contributed by atoms with van der Waals surface area (Å²) in [7, 11) is 0. The number of hydrogen-bond donors (Lipinski definition) is 3. The maximum atomic E-state index is 13.0. The van der Waals surface area contributed by atoms with E-state index in [2.05, 4.69) is 0 Å². The first-order valence-electron chi connectivity index (χ1n) is 9.84. The summed E-state index contributed by atoms with van der Waals surface area (Å²) in [4.78, 5) is 39.1. The summed E-state index contributed by atoms with van der Waals surface area (Å²) in [6, 6.07) is 4.24. The summed E-state index contributed by atoms with van der Waals surface area (Å²) in [5.41, 5.74) is -0.827. The number of rotatable bonds is 3. The second kappa shape index (κ2) is 7.01. The lowest BCUT2D eigenvalue weighted by atomic mass is 9.62. The normalized spacial score (nSPS) is 23.4. The van der Waals surface area contributed by atoms with Crippen LogP contribution in [-0.2, 0) is 14.4 Å². The van der Waals surface area contributed by atoms with Crippen LogP contribution in [0.4, 0.5) is 0 Å². The van der Waals surface area contributed by atoms with Crippen LogP contribution in [0.2, 0.25) is 0 Å². The number of carbonyl (C=O) groups is 3. The average Bonchev–Trinajstić information content (AvgIpc) is 2.52. The molecule has 6 heteroatoms. The van der Waals surface area contributed by atoms with Crippen LogP contribution in [0.1, 0.15) is 64.9 Å². The second-order valence-corrected chi connectivity index (χ2v) is 9.92. The second-order valence-electron chi connectivity index (χ2n) is 9.92. The lowest BCUT2D eigenvalue weighted by Gasteiger charge is -2.39. The highest BCUT2D eigenvalue weighted by molar-refractivity contribution is 6.09. The van der Waals surface area contributed by atoms with E-state index in [1.165, 1.54) is 18.2 Å². The molecule has 0 aliphatic heterocycles. The van der Waals surface area contributed by atoms with Crippen LogP contribution in [-0.4, -0.2) is 32.7 Å². The lowest BCUT2D eigenvalue weighted by molar-refractivity contribution is -0.140. The van der Waals surface area contributed by atoms with Gasteiger partial charge < -0.3 is 15.3 Å². The number of aromatic hydroxyl groups is 2. The van der Waals surface area contributed by atoms with Gasteiger partial charge in [-0.1, -0.05) is 39.8 Å². The van der Waals surface area contributed by atoms with Crippen molar-refractivity contribution in [2.24, 2.45) is 16.7 Å². The Kier molecular flexibility index (Phi) is 5.10. The molecule has 2 aliphatic carbocycles. The molecule has 1 atom stereocenters. The third kappa shape index (κ3) is 3.93. The topological polar surface area (TPSA) is 112 Å². The van der Waals surface area contributed by atoms with Crippen LogP contribution in [0.25, 0.3) is 0 Å². The Labute approximate surface area is 170 Å². The highest BCUT2D eigenvalue weighted by atomic mass is 16.3. The highest BCUT2D eigenvalue weighted by Crippen LogP contribution is 2.50. The molecule has 29 heavy (non-hydrogen) atoms. The third-order valence-corrected chi connectivity index (χ3v) is 5.92. The smallest absolute Gasteiger partial charge is 0.163 e. The first kappa shape index (κ1) is 21.1. The van der Waals surface area contributed by atoms with Crippen molar-refractivity contribution < 1.29 is 29.7 Å². The van der Waals surface area contributed by atoms with Crippen molar-refractivity contribution in [3.63, 3.8) is 0 Å². The van der Waals surface area contributed by atoms with Crippen molar-refractivity contribution in [1.82, 2.24) is 0 Å². The zero-order valence-electron chi connectivity index (χ0n) is 17.3. The number of aliphatic hydroxyl groups is 1. The van der Waals surface area contributed by atoms with Crippen molar-refractivity contribution in [2.75, 3.05) is 0 Å². The summed E-state index contributed by atoms with van der Waals surface area (Å²) in [6.07, 6.45) is 0.703. The van der Waals surface area contributed by atoms with Crippen LogP contribution in [0.15, 0.2) is 29.5 Å². The van der Waals surface area contributed by atoms with Gasteiger partial charge in [0.05, 0.1) is 5.92 Å². The Balaban J connectivity index is 2.22. The Morgan fingerprint density at radius 1 is 0.862 bits per heavy atom. The molecule has 0 bridgehead atoms. The van der Waals surface area contributed by atoms with E-state index in [1.807, 2.05) is 27.7 Å². The molecule has 156 valence electrons. The van der Waals surface area contributed by atoms with Crippen molar-refractivity contribution in [3.05, 3.63) is 35.1 Å². The molecule has 0 spiro atoms. The van der Waals surface area contributed by atoms with Crippen molar-refractivity contribution in [3.8, 4) is 11.5 Å². The number of hydrogen-bond acceptors (Lipinski definition) is 6. The fourth-order valence-corrected chi connectivity index (χ4v) is 4.73. The van der Waals surface area contributed by atoms with Gasteiger partial charge >= 0.3 is 0 Å². The molecule has 1 aromatic rings. The maximum absolute atomic E-state index is 13.0. The molecule has 6 nitrogen and oxygen atoms in total. The lowest BCUT2D eigenvalue weighted by Crippen LogP contribution is -2.43. The number of para-hydroxylation sites is 1. The standard InChI is InChI=1S/C23H28O6/c1-22(2)8-14(25)19(15(26)9-22)18(12-6-5-7-13(24)21(12)29)20-16(27)10-23(3,4)11-17(20)28/h5-7,18-19,24,27,29H,8-11H2,1-4H3/t18-/m0/s1. The van der Waals surface area contributed by atoms with Gasteiger partial charge in [0.1, 0.15) is 17.3 Å². The number of ketones is 3. The fraction of sp³-hybridized carbons (Fsp3) is 0.522. The molecule has 0 aromatic heterocycles. The van der Waals surface area contributed by atoms with Gasteiger partial charge in [0.25, 0.3) is 0 Å². The van der Waals surface area contributed by atoms with E-state index in [9.17, 15) is 29.7 Å². The van der Waals surface area contributed by atoms with Gasteiger partial charge in [0, 0.05) is 42.7 Å². The predicted octanol–water partition coefficient (Wildman–Crippen LogP) is 3.96. The molecule has 0 saturated heterocycles. The summed E-state index contributed by atoms with van der Waals surface area (Å²) >= 11 is 0. The molecule has 1 saturated carbocycles. The van der Waals surface area contributed by atoms with E-state index in [0.717, 1.165) is 0 Å². The third-order valence-electron chi connectivity index (χ3n) is 5.92. The van der Waals surface area contributed by atoms with E-state index < -0.39 is 34.2 Å². The number of carbonyl (C=O) groups excluding carboxylic acids is 3. The van der Waals surface area contributed by atoms with E-state index in [-0.39, 0.29) is 59.9 Å². The number of phenolic OH excluding ortho intramolecular Hbond substituents is 2. The number of Topliss-reactive ketones (excluding diaryl/α,β-unsaturated/α-hetero) is 3. The van der Waals surface area contributed by atoms with Crippen molar-refractivity contribution in [1.29, 1.82) is 0 Å². The van der Waals surface area contributed by atoms with Gasteiger partial charge in [0.15, 0.2) is 17.3 Å². The SMILES string of the molecule is CC1(C)CC(=O)C([C@@H](C2=C(O)CC(C)(C)CC2=O)c2cccc(O)c2O)C(=O)C1. The summed E-state index contributed by atoms with van der Waals surface area (Å²) in [6.45, 7) is 7.39. The molecule has 0 unspecified atom stereocenters. The minimum atomic E-state index is -1.18. The average molecular weight is 400 g/mol. The molecule has 0 radical (unpaired) electrons. The van der Waals surface area contributed by atoms with Crippen molar-refractivity contribution in [2.45, 2.75) is 59.3 Å². The first-order chi connectivity index (χ1) is 13.3. The quantitative estimate of drug-likeness (QED) is 0.523. The Morgan fingerprint density at radius 2 is 1.41 bits per heavy atom. The Bertz CT molecular complexity index is 901. The largest absolute Gasteiger partial charge is 0.512 e. The molecule has 0 amide bonds.